The van der Waals surface area contributed by atoms with E-state index in [9.17, 15) is 9.90 Å². The number of hydrogen-bond donors (Lipinski definition) is 2. The standard InChI is InChI=1S/C20H25N5O2/c26-13-16-6-3-4-9-24(16)19-11-18(22-14-23-19)21-12-20(27)25-10-8-15-5-1-2-7-17(15)25/h1-2,5,7,11,14,16,26H,3-4,6,8-10,12-13H2,(H,21,22,23). The SMILES string of the molecule is O=C(CNc1cc(N2CCCCC2CO)ncn1)N1CCc2ccccc21. The molecule has 1 atom stereocenters. The molecule has 1 aromatic heterocycles. The summed E-state index contributed by atoms with van der Waals surface area (Å²) in [6.07, 6.45) is 5.60. The first-order valence-electron chi connectivity index (χ1n) is 9.58. The average Bonchev–Trinajstić information content (AvgIpc) is 3.16. The van der Waals surface area contributed by atoms with Gasteiger partial charge in [0.2, 0.25) is 5.91 Å². The van der Waals surface area contributed by atoms with Gasteiger partial charge in [-0.05, 0) is 37.3 Å². The smallest absolute Gasteiger partial charge is 0.246 e. The first kappa shape index (κ1) is 17.7. The van der Waals surface area contributed by atoms with Crippen molar-refractivity contribution in [1.82, 2.24) is 9.97 Å². The van der Waals surface area contributed by atoms with Crippen molar-refractivity contribution < 1.29 is 9.90 Å². The summed E-state index contributed by atoms with van der Waals surface area (Å²) in [6.45, 7) is 1.92. The molecular weight excluding hydrogens is 342 g/mol. The summed E-state index contributed by atoms with van der Waals surface area (Å²) in [6, 6.07) is 10.00. The van der Waals surface area contributed by atoms with Gasteiger partial charge >= 0.3 is 0 Å². The number of para-hydroxylation sites is 1. The second kappa shape index (κ2) is 7.92. The normalized spacial score (nSPS) is 19.1. The molecule has 1 amide bonds. The topological polar surface area (TPSA) is 81.6 Å². The molecule has 0 saturated carbocycles. The number of amides is 1. The number of benzene rings is 1. The summed E-state index contributed by atoms with van der Waals surface area (Å²) in [7, 11) is 0. The summed E-state index contributed by atoms with van der Waals surface area (Å²) in [5.74, 6) is 1.46. The van der Waals surface area contributed by atoms with Gasteiger partial charge in [0.25, 0.3) is 0 Å². The zero-order chi connectivity index (χ0) is 18.6. The third kappa shape index (κ3) is 3.73. The van der Waals surface area contributed by atoms with Crippen LogP contribution in [0.3, 0.4) is 0 Å². The summed E-state index contributed by atoms with van der Waals surface area (Å²) in [5, 5.41) is 12.8. The molecule has 2 N–H and O–H groups in total. The zero-order valence-corrected chi connectivity index (χ0v) is 15.3. The van der Waals surface area contributed by atoms with Crippen LogP contribution in [0.1, 0.15) is 24.8 Å². The molecule has 4 rings (SSSR count). The third-order valence-corrected chi connectivity index (χ3v) is 5.39. The second-order valence-electron chi connectivity index (χ2n) is 7.06. The number of aliphatic hydroxyl groups is 1. The maximum absolute atomic E-state index is 12.6. The van der Waals surface area contributed by atoms with E-state index in [4.69, 9.17) is 0 Å². The van der Waals surface area contributed by atoms with E-state index in [1.54, 1.807) is 0 Å². The Kier molecular flexibility index (Phi) is 5.20. The van der Waals surface area contributed by atoms with E-state index in [1.165, 1.54) is 11.9 Å². The maximum atomic E-state index is 12.6. The highest BCUT2D eigenvalue weighted by Crippen LogP contribution is 2.27. The van der Waals surface area contributed by atoms with Gasteiger partial charge < -0.3 is 20.2 Å². The zero-order valence-electron chi connectivity index (χ0n) is 15.3. The van der Waals surface area contributed by atoms with E-state index in [-0.39, 0.29) is 25.1 Å². The van der Waals surface area contributed by atoms with Gasteiger partial charge in [0.1, 0.15) is 18.0 Å². The molecule has 1 unspecified atom stereocenters. The van der Waals surface area contributed by atoms with Gasteiger partial charge in [-0.15, -0.1) is 0 Å². The van der Waals surface area contributed by atoms with Crippen LogP contribution >= 0.6 is 0 Å². The maximum Gasteiger partial charge on any atom is 0.246 e. The predicted molar refractivity (Wildman–Crippen MR) is 105 cm³/mol. The highest BCUT2D eigenvalue weighted by molar-refractivity contribution is 5.97. The van der Waals surface area contributed by atoms with E-state index in [2.05, 4.69) is 26.3 Å². The summed E-state index contributed by atoms with van der Waals surface area (Å²) in [5.41, 5.74) is 2.22. The highest BCUT2D eigenvalue weighted by Gasteiger charge is 2.25. The van der Waals surface area contributed by atoms with Crippen molar-refractivity contribution in [1.29, 1.82) is 0 Å². The number of aliphatic hydroxyl groups excluding tert-OH is 1. The molecule has 0 spiro atoms. The van der Waals surface area contributed by atoms with Crippen LogP contribution in [-0.4, -0.2) is 53.3 Å². The van der Waals surface area contributed by atoms with Crippen molar-refractivity contribution in [2.75, 3.05) is 41.4 Å². The highest BCUT2D eigenvalue weighted by atomic mass is 16.3. The Bertz CT molecular complexity index is 812. The molecule has 2 aliphatic heterocycles. The van der Waals surface area contributed by atoms with Gasteiger partial charge in [0.05, 0.1) is 19.2 Å². The van der Waals surface area contributed by atoms with Gasteiger partial charge in [0.15, 0.2) is 0 Å². The molecule has 1 fully saturated rings. The van der Waals surface area contributed by atoms with Crippen molar-refractivity contribution in [2.24, 2.45) is 0 Å². The molecule has 7 heteroatoms. The first-order valence-corrected chi connectivity index (χ1v) is 9.58. The number of rotatable bonds is 5. The minimum Gasteiger partial charge on any atom is -0.394 e. The number of carbonyl (C=O) groups is 1. The molecule has 0 aliphatic carbocycles. The number of nitrogens with zero attached hydrogens (tertiary/aromatic N) is 4. The van der Waals surface area contributed by atoms with E-state index in [0.29, 0.717) is 5.82 Å². The lowest BCUT2D eigenvalue weighted by Gasteiger charge is -2.35. The van der Waals surface area contributed by atoms with Crippen LogP contribution in [0.5, 0.6) is 0 Å². The molecule has 0 radical (unpaired) electrons. The van der Waals surface area contributed by atoms with Crippen LogP contribution in [0.15, 0.2) is 36.7 Å². The number of fused-ring (bicyclic) bond motifs is 1. The Morgan fingerprint density at radius 3 is 3.00 bits per heavy atom. The van der Waals surface area contributed by atoms with Crippen LogP contribution in [0.4, 0.5) is 17.3 Å². The number of nitrogens with one attached hydrogen (secondary N) is 1. The fourth-order valence-corrected chi connectivity index (χ4v) is 3.95. The van der Waals surface area contributed by atoms with E-state index in [1.807, 2.05) is 29.2 Å². The van der Waals surface area contributed by atoms with Crippen molar-refractivity contribution in [3.05, 3.63) is 42.2 Å². The molecule has 2 aliphatic rings. The number of anilines is 3. The summed E-state index contributed by atoms with van der Waals surface area (Å²) in [4.78, 5) is 25.2. The Morgan fingerprint density at radius 1 is 1.22 bits per heavy atom. The van der Waals surface area contributed by atoms with Gasteiger partial charge in [-0.2, -0.15) is 0 Å². The van der Waals surface area contributed by atoms with Crippen molar-refractivity contribution in [3.8, 4) is 0 Å². The number of carbonyl (C=O) groups excluding carboxylic acids is 1. The Balaban J connectivity index is 1.41. The lowest BCUT2D eigenvalue weighted by Crippen LogP contribution is -2.42. The molecule has 27 heavy (non-hydrogen) atoms. The number of aromatic nitrogens is 2. The van der Waals surface area contributed by atoms with Crippen LogP contribution in [0, 0.1) is 0 Å². The molecular formula is C20H25N5O2. The fraction of sp³-hybridized carbons (Fsp3) is 0.450. The monoisotopic (exact) mass is 367 g/mol. The van der Waals surface area contributed by atoms with E-state index >= 15 is 0 Å². The summed E-state index contributed by atoms with van der Waals surface area (Å²) < 4.78 is 0. The van der Waals surface area contributed by atoms with Crippen molar-refractivity contribution in [3.63, 3.8) is 0 Å². The van der Waals surface area contributed by atoms with E-state index < -0.39 is 0 Å². The van der Waals surface area contributed by atoms with Crippen LogP contribution in [0.2, 0.25) is 0 Å². The average molecular weight is 367 g/mol. The second-order valence-corrected chi connectivity index (χ2v) is 7.06. The van der Waals surface area contributed by atoms with Crippen LogP contribution < -0.4 is 15.1 Å². The molecule has 2 aromatic rings. The van der Waals surface area contributed by atoms with Gasteiger partial charge in [-0.3, -0.25) is 4.79 Å². The third-order valence-electron chi connectivity index (χ3n) is 5.39. The predicted octanol–water partition coefficient (Wildman–Crippen LogP) is 1.83. The lowest BCUT2D eigenvalue weighted by atomic mass is 10.0. The first-order chi connectivity index (χ1) is 13.3. The lowest BCUT2D eigenvalue weighted by molar-refractivity contribution is -0.116. The molecule has 1 aromatic carbocycles. The Hall–Kier alpha value is -2.67. The molecule has 7 nitrogen and oxygen atoms in total. The van der Waals surface area contributed by atoms with Crippen molar-refractivity contribution >= 4 is 23.2 Å². The minimum absolute atomic E-state index is 0.0336. The number of piperidine rings is 1. The molecule has 142 valence electrons. The Morgan fingerprint density at radius 2 is 2.11 bits per heavy atom. The molecule has 3 heterocycles. The summed E-state index contributed by atoms with van der Waals surface area (Å²) >= 11 is 0. The number of hydrogen-bond acceptors (Lipinski definition) is 6. The van der Waals surface area contributed by atoms with E-state index in [0.717, 1.165) is 50.3 Å². The largest absolute Gasteiger partial charge is 0.394 e. The molecule has 1 saturated heterocycles. The Labute approximate surface area is 159 Å². The quantitative estimate of drug-likeness (QED) is 0.839. The van der Waals surface area contributed by atoms with Gasteiger partial charge in [-0.25, -0.2) is 9.97 Å². The van der Waals surface area contributed by atoms with Crippen LogP contribution in [0.25, 0.3) is 0 Å². The minimum atomic E-state index is 0.0336. The molecule has 0 bridgehead atoms. The van der Waals surface area contributed by atoms with Gasteiger partial charge in [0, 0.05) is 24.8 Å². The van der Waals surface area contributed by atoms with Gasteiger partial charge in [-0.1, -0.05) is 18.2 Å². The fourth-order valence-electron chi connectivity index (χ4n) is 3.95. The van der Waals surface area contributed by atoms with Crippen molar-refractivity contribution in [2.45, 2.75) is 31.7 Å². The van der Waals surface area contributed by atoms with Crippen LogP contribution in [-0.2, 0) is 11.2 Å².